The van der Waals surface area contributed by atoms with Crippen LogP contribution >= 0.6 is 27.5 Å². The van der Waals surface area contributed by atoms with Crippen molar-refractivity contribution in [2.45, 2.75) is 13.0 Å². The molecule has 0 aliphatic carbocycles. The summed E-state index contributed by atoms with van der Waals surface area (Å²) < 4.78 is 6.31. The molecule has 0 fully saturated rings. The van der Waals surface area contributed by atoms with E-state index in [4.69, 9.17) is 16.3 Å². The molecular formula is C13H17BrClNO. The van der Waals surface area contributed by atoms with E-state index in [1.807, 2.05) is 24.3 Å². The fourth-order valence-electron chi connectivity index (χ4n) is 1.30. The van der Waals surface area contributed by atoms with Gasteiger partial charge in [-0.2, -0.15) is 0 Å². The predicted molar refractivity (Wildman–Crippen MR) is 76.5 cm³/mol. The molecule has 0 spiro atoms. The van der Waals surface area contributed by atoms with Crippen LogP contribution in [0.1, 0.15) is 12.0 Å². The van der Waals surface area contributed by atoms with Gasteiger partial charge in [-0.15, -0.1) is 6.58 Å². The maximum atomic E-state index is 6.00. The number of ether oxygens (including phenoxy) is 1. The lowest BCUT2D eigenvalue weighted by Gasteiger charge is -2.06. The Morgan fingerprint density at radius 3 is 2.94 bits per heavy atom. The summed E-state index contributed by atoms with van der Waals surface area (Å²) in [6.45, 7) is 6.74. The highest BCUT2D eigenvalue weighted by atomic mass is 79.9. The molecule has 0 unspecified atom stereocenters. The van der Waals surface area contributed by atoms with Crippen LogP contribution in [0, 0.1) is 0 Å². The Morgan fingerprint density at radius 2 is 2.24 bits per heavy atom. The molecule has 0 radical (unpaired) electrons. The molecule has 0 saturated carbocycles. The lowest BCUT2D eigenvalue weighted by atomic mass is 10.2. The first kappa shape index (κ1) is 14.7. The summed E-state index contributed by atoms with van der Waals surface area (Å²) in [6, 6.07) is 5.96. The molecule has 17 heavy (non-hydrogen) atoms. The van der Waals surface area contributed by atoms with E-state index in [0.717, 1.165) is 42.2 Å². The summed E-state index contributed by atoms with van der Waals surface area (Å²) in [6.07, 6.45) is 2.76. The van der Waals surface area contributed by atoms with E-state index in [-0.39, 0.29) is 0 Å². The third-order valence-corrected chi connectivity index (χ3v) is 3.44. The van der Waals surface area contributed by atoms with Gasteiger partial charge in [0.25, 0.3) is 0 Å². The molecule has 1 N–H and O–H groups in total. The van der Waals surface area contributed by atoms with Gasteiger partial charge in [0, 0.05) is 17.6 Å². The van der Waals surface area contributed by atoms with Crippen molar-refractivity contribution in [1.29, 1.82) is 0 Å². The molecule has 94 valence electrons. The van der Waals surface area contributed by atoms with E-state index in [0.29, 0.717) is 0 Å². The lowest BCUT2D eigenvalue weighted by molar-refractivity contribution is 0.140. The maximum Gasteiger partial charge on any atom is 0.0591 e. The van der Waals surface area contributed by atoms with Crippen LogP contribution in [-0.2, 0) is 11.3 Å². The van der Waals surface area contributed by atoms with Gasteiger partial charge < -0.3 is 10.1 Å². The minimum atomic E-state index is 0.720. The predicted octanol–water partition coefficient (Wildman–Crippen LogP) is 3.78. The van der Waals surface area contributed by atoms with E-state index >= 15 is 0 Å². The molecule has 4 heteroatoms. The first-order valence-corrected chi connectivity index (χ1v) is 6.74. The molecule has 0 bridgehead atoms. The van der Waals surface area contributed by atoms with Gasteiger partial charge in [0.05, 0.1) is 18.2 Å². The van der Waals surface area contributed by atoms with Crippen LogP contribution in [0.4, 0.5) is 0 Å². The highest BCUT2D eigenvalue weighted by molar-refractivity contribution is 9.10. The van der Waals surface area contributed by atoms with Crippen molar-refractivity contribution in [2.24, 2.45) is 0 Å². The Balaban J connectivity index is 2.13. The van der Waals surface area contributed by atoms with Crippen LogP contribution in [-0.4, -0.2) is 19.8 Å². The minimum absolute atomic E-state index is 0.720. The fraction of sp³-hybridized carbons (Fsp3) is 0.385. The number of halogens is 2. The zero-order valence-corrected chi connectivity index (χ0v) is 12.1. The molecular weight excluding hydrogens is 302 g/mol. The van der Waals surface area contributed by atoms with E-state index in [1.54, 1.807) is 0 Å². The van der Waals surface area contributed by atoms with Crippen LogP contribution in [0.15, 0.2) is 35.3 Å². The van der Waals surface area contributed by atoms with Crippen LogP contribution in [0.3, 0.4) is 0 Å². The van der Waals surface area contributed by atoms with Crippen molar-refractivity contribution >= 4 is 27.5 Å². The first-order chi connectivity index (χ1) is 8.24. The van der Waals surface area contributed by atoms with Crippen molar-refractivity contribution in [2.75, 3.05) is 19.8 Å². The van der Waals surface area contributed by atoms with Crippen LogP contribution in [0.2, 0.25) is 5.02 Å². The van der Waals surface area contributed by atoms with Crippen molar-refractivity contribution in [3.05, 3.63) is 45.9 Å². The minimum Gasteiger partial charge on any atom is -0.380 e. The third kappa shape index (κ3) is 6.22. The Hall–Kier alpha value is -0.350. The first-order valence-electron chi connectivity index (χ1n) is 5.57. The molecule has 0 atom stereocenters. The standard InChI is InChI=1S/C13H17BrClNO/c1-2-3-7-17-8-6-16-10-11-4-5-12(14)13(15)9-11/h2,4-5,9,16H,1,3,6-8,10H2. The number of benzene rings is 1. The van der Waals surface area contributed by atoms with Gasteiger partial charge in [-0.05, 0) is 40.0 Å². The van der Waals surface area contributed by atoms with Crippen molar-refractivity contribution in [3.8, 4) is 0 Å². The Labute approximate surface area is 116 Å². The number of hydrogen-bond acceptors (Lipinski definition) is 2. The number of rotatable bonds is 8. The molecule has 1 aromatic rings. The zero-order chi connectivity index (χ0) is 12.5. The number of hydrogen-bond donors (Lipinski definition) is 1. The maximum absolute atomic E-state index is 6.00. The molecule has 0 aromatic heterocycles. The van der Waals surface area contributed by atoms with Gasteiger partial charge in [0.2, 0.25) is 0 Å². The van der Waals surface area contributed by atoms with Crippen molar-refractivity contribution in [1.82, 2.24) is 5.32 Å². The van der Waals surface area contributed by atoms with Crippen molar-refractivity contribution < 1.29 is 4.74 Å². The second-order valence-corrected chi connectivity index (χ2v) is 4.88. The number of nitrogens with one attached hydrogen (secondary N) is 1. The van der Waals surface area contributed by atoms with Crippen LogP contribution in [0.25, 0.3) is 0 Å². The highest BCUT2D eigenvalue weighted by Gasteiger charge is 1.98. The molecule has 0 heterocycles. The smallest absolute Gasteiger partial charge is 0.0591 e. The zero-order valence-electron chi connectivity index (χ0n) is 9.72. The van der Waals surface area contributed by atoms with Crippen LogP contribution < -0.4 is 5.32 Å². The van der Waals surface area contributed by atoms with Gasteiger partial charge in [0.15, 0.2) is 0 Å². The Kier molecular flexibility index (Phi) is 7.53. The topological polar surface area (TPSA) is 21.3 Å². The quantitative estimate of drug-likeness (QED) is 0.582. The molecule has 0 aliphatic rings. The van der Waals surface area contributed by atoms with Crippen molar-refractivity contribution in [3.63, 3.8) is 0 Å². The summed E-state index contributed by atoms with van der Waals surface area (Å²) in [5, 5.41) is 4.04. The Bertz CT molecular complexity index is 357. The normalized spacial score (nSPS) is 10.5. The largest absolute Gasteiger partial charge is 0.380 e. The molecule has 0 saturated heterocycles. The molecule has 2 nitrogen and oxygen atoms in total. The second kappa shape index (κ2) is 8.70. The second-order valence-electron chi connectivity index (χ2n) is 3.61. The fourth-order valence-corrected chi connectivity index (χ4v) is 1.75. The van der Waals surface area contributed by atoms with E-state index < -0.39 is 0 Å². The summed E-state index contributed by atoms with van der Waals surface area (Å²) in [4.78, 5) is 0. The summed E-state index contributed by atoms with van der Waals surface area (Å²) in [7, 11) is 0. The molecule has 1 aromatic carbocycles. The molecule has 0 amide bonds. The van der Waals surface area contributed by atoms with Gasteiger partial charge in [0.1, 0.15) is 0 Å². The SMILES string of the molecule is C=CCCOCCNCc1ccc(Br)c(Cl)c1. The Morgan fingerprint density at radius 1 is 1.41 bits per heavy atom. The van der Waals surface area contributed by atoms with E-state index in [9.17, 15) is 0 Å². The van der Waals surface area contributed by atoms with Gasteiger partial charge >= 0.3 is 0 Å². The molecule has 0 aliphatic heterocycles. The molecule has 1 rings (SSSR count). The highest BCUT2D eigenvalue weighted by Crippen LogP contribution is 2.22. The van der Waals surface area contributed by atoms with E-state index in [2.05, 4.69) is 27.8 Å². The lowest BCUT2D eigenvalue weighted by Crippen LogP contribution is -2.19. The summed E-state index contributed by atoms with van der Waals surface area (Å²) >= 11 is 9.37. The monoisotopic (exact) mass is 317 g/mol. The van der Waals surface area contributed by atoms with Gasteiger partial charge in [-0.1, -0.05) is 23.7 Å². The summed E-state index contributed by atoms with van der Waals surface area (Å²) in [5.41, 5.74) is 1.17. The van der Waals surface area contributed by atoms with Gasteiger partial charge in [-0.3, -0.25) is 0 Å². The van der Waals surface area contributed by atoms with Gasteiger partial charge in [-0.25, -0.2) is 0 Å². The average molecular weight is 319 g/mol. The van der Waals surface area contributed by atoms with E-state index in [1.165, 1.54) is 5.56 Å². The van der Waals surface area contributed by atoms with Crippen LogP contribution in [0.5, 0.6) is 0 Å². The third-order valence-electron chi connectivity index (χ3n) is 2.20. The summed E-state index contributed by atoms with van der Waals surface area (Å²) in [5.74, 6) is 0. The average Bonchev–Trinajstić information content (AvgIpc) is 2.32.